The van der Waals surface area contributed by atoms with E-state index < -0.39 is 23.5 Å². The number of ketones is 1. The molecule has 1 unspecified atom stereocenters. The van der Waals surface area contributed by atoms with E-state index in [1.54, 1.807) is 54.0 Å². The number of halogens is 1. The largest absolute Gasteiger partial charge is 0.503 e. The molecule has 1 aliphatic rings. The summed E-state index contributed by atoms with van der Waals surface area (Å²) in [5, 5.41) is 13.6. The first-order valence-corrected chi connectivity index (χ1v) is 11.2. The number of nitrogens with zero attached hydrogens (tertiary/aromatic N) is 2. The molecule has 2 aromatic carbocycles. The lowest BCUT2D eigenvalue weighted by Crippen LogP contribution is -2.30. The molecule has 0 fully saturated rings. The number of hydrogen-bond donors (Lipinski definition) is 1. The summed E-state index contributed by atoms with van der Waals surface area (Å²) < 4.78 is 11.9. The van der Waals surface area contributed by atoms with Crippen LogP contribution in [0.1, 0.15) is 22.2 Å². The Labute approximate surface area is 194 Å². The Balaban J connectivity index is 1.67. The molecule has 0 saturated heterocycles. The molecule has 1 amide bonds. The zero-order chi connectivity index (χ0) is 22.4. The number of aromatic nitrogens is 1. The van der Waals surface area contributed by atoms with Crippen molar-refractivity contribution in [3.8, 4) is 5.75 Å². The predicted molar refractivity (Wildman–Crippen MR) is 123 cm³/mol. The summed E-state index contributed by atoms with van der Waals surface area (Å²) >= 11 is 4.68. The van der Waals surface area contributed by atoms with Crippen molar-refractivity contribution in [1.82, 2.24) is 4.98 Å². The molecule has 1 aliphatic heterocycles. The van der Waals surface area contributed by atoms with Crippen molar-refractivity contribution < 1.29 is 23.8 Å². The van der Waals surface area contributed by atoms with Crippen LogP contribution in [0.2, 0.25) is 0 Å². The van der Waals surface area contributed by atoms with Crippen LogP contribution in [0.3, 0.4) is 0 Å². The fourth-order valence-corrected chi connectivity index (χ4v) is 4.89. The lowest BCUT2D eigenvalue weighted by atomic mass is 9.95. The predicted octanol–water partition coefficient (Wildman–Crippen LogP) is 5.44. The van der Waals surface area contributed by atoms with Gasteiger partial charge in [-0.1, -0.05) is 40.2 Å². The minimum absolute atomic E-state index is 0.000152. The molecule has 0 spiro atoms. The Bertz CT molecular complexity index is 1390. The van der Waals surface area contributed by atoms with Gasteiger partial charge < -0.3 is 14.3 Å². The van der Waals surface area contributed by atoms with Gasteiger partial charge in [-0.25, -0.2) is 4.98 Å². The van der Waals surface area contributed by atoms with Gasteiger partial charge in [0.05, 0.1) is 18.7 Å². The average molecular weight is 511 g/mol. The van der Waals surface area contributed by atoms with Crippen LogP contribution >= 0.6 is 27.3 Å². The molecular formula is C23H15BrN2O5S. The van der Waals surface area contributed by atoms with Crippen LogP contribution in [0, 0.1) is 0 Å². The van der Waals surface area contributed by atoms with Crippen molar-refractivity contribution in [2.24, 2.45) is 0 Å². The highest BCUT2D eigenvalue weighted by molar-refractivity contribution is 9.10. The third-order valence-corrected chi connectivity index (χ3v) is 6.46. The number of carbonyl (C=O) groups is 2. The molecule has 32 heavy (non-hydrogen) atoms. The monoisotopic (exact) mass is 510 g/mol. The van der Waals surface area contributed by atoms with E-state index in [-0.39, 0.29) is 11.3 Å². The number of aliphatic hydroxyl groups excluding tert-OH is 1. The molecule has 2 aromatic heterocycles. The molecule has 5 rings (SSSR count). The molecule has 0 saturated carbocycles. The van der Waals surface area contributed by atoms with Crippen LogP contribution in [-0.4, -0.2) is 28.9 Å². The second-order valence-corrected chi connectivity index (χ2v) is 8.82. The lowest BCUT2D eigenvalue weighted by Gasteiger charge is -2.24. The number of benzene rings is 2. The third-order valence-electron chi connectivity index (χ3n) is 5.19. The van der Waals surface area contributed by atoms with E-state index in [1.165, 1.54) is 23.3 Å². The smallest absolute Gasteiger partial charge is 0.296 e. The van der Waals surface area contributed by atoms with E-state index in [2.05, 4.69) is 20.9 Å². The molecule has 0 bridgehead atoms. The average Bonchev–Trinajstić information content (AvgIpc) is 3.52. The number of furan rings is 1. The first-order chi connectivity index (χ1) is 15.5. The summed E-state index contributed by atoms with van der Waals surface area (Å²) in [5.74, 6) is -1.42. The first-order valence-electron chi connectivity index (χ1n) is 9.52. The highest BCUT2D eigenvalue weighted by Crippen LogP contribution is 2.43. The van der Waals surface area contributed by atoms with Crippen molar-refractivity contribution in [3.63, 3.8) is 0 Å². The Morgan fingerprint density at radius 3 is 2.78 bits per heavy atom. The number of aliphatic hydroxyl groups is 1. The zero-order valence-electron chi connectivity index (χ0n) is 16.6. The van der Waals surface area contributed by atoms with Gasteiger partial charge in [0.15, 0.2) is 28.0 Å². The van der Waals surface area contributed by atoms with Crippen molar-refractivity contribution >= 4 is 55.1 Å². The van der Waals surface area contributed by atoms with E-state index >= 15 is 0 Å². The van der Waals surface area contributed by atoms with Crippen LogP contribution in [0.4, 0.5) is 5.13 Å². The number of thiazole rings is 1. The van der Waals surface area contributed by atoms with E-state index in [0.717, 1.165) is 4.47 Å². The maximum atomic E-state index is 13.6. The number of amides is 1. The van der Waals surface area contributed by atoms with Gasteiger partial charge >= 0.3 is 0 Å². The van der Waals surface area contributed by atoms with Gasteiger partial charge in [-0.2, -0.15) is 0 Å². The zero-order valence-corrected chi connectivity index (χ0v) is 19.0. The standard InChI is InChI=1S/C23H15BrN2O5S/c1-30-15-7-3-5-13-11-16(31-21(13)15)19(27)17-18(12-4-2-6-14(24)10-12)26(22(29)20(17)28)23-25-8-9-32-23/h2-11,18,28H,1H3. The highest BCUT2D eigenvalue weighted by Gasteiger charge is 2.46. The van der Waals surface area contributed by atoms with E-state index in [1.807, 2.05) is 6.07 Å². The number of hydrogen-bond acceptors (Lipinski definition) is 7. The van der Waals surface area contributed by atoms with Gasteiger partial charge in [0.2, 0.25) is 5.78 Å². The Hall–Kier alpha value is -3.43. The van der Waals surface area contributed by atoms with Crippen LogP contribution in [0.15, 0.2) is 80.3 Å². The summed E-state index contributed by atoms with van der Waals surface area (Å²) in [6, 6.07) is 13.2. The minimum Gasteiger partial charge on any atom is -0.503 e. The molecule has 0 aliphatic carbocycles. The molecule has 7 nitrogen and oxygen atoms in total. The van der Waals surface area contributed by atoms with E-state index in [4.69, 9.17) is 9.15 Å². The molecule has 0 radical (unpaired) electrons. The first kappa shape index (κ1) is 20.5. The summed E-state index contributed by atoms with van der Waals surface area (Å²) in [7, 11) is 1.51. The number of methoxy groups -OCH3 is 1. The normalized spacial score (nSPS) is 16.2. The number of carbonyl (C=O) groups excluding carboxylic acids is 2. The van der Waals surface area contributed by atoms with Crippen LogP contribution in [0.5, 0.6) is 5.75 Å². The van der Waals surface area contributed by atoms with Crippen molar-refractivity contribution in [1.29, 1.82) is 0 Å². The summed E-state index contributed by atoms with van der Waals surface area (Å²) in [6.07, 6.45) is 1.56. The number of rotatable bonds is 5. The summed E-state index contributed by atoms with van der Waals surface area (Å²) in [6.45, 7) is 0. The summed E-state index contributed by atoms with van der Waals surface area (Å²) in [4.78, 5) is 32.2. The SMILES string of the molecule is COc1cccc2cc(C(=O)C3=C(O)C(=O)N(c4nccs4)C3c3cccc(Br)c3)oc12. The third kappa shape index (κ3) is 3.21. The topological polar surface area (TPSA) is 92.9 Å². The van der Waals surface area contributed by atoms with Crippen LogP contribution < -0.4 is 9.64 Å². The number of fused-ring (bicyclic) bond motifs is 1. The Morgan fingerprint density at radius 1 is 1.25 bits per heavy atom. The summed E-state index contributed by atoms with van der Waals surface area (Å²) in [5.41, 5.74) is 0.990. The molecule has 1 atom stereocenters. The van der Waals surface area contributed by atoms with Gasteiger partial charge in [0, 0.05) is 21.4 Å². The quantitative estimate of drug-likeness (QED) is 0.359. The Kier molecular flexibility index (Phi) is 5.07. The number of Topliss-reactive ketones (excluding diaryl/α,β-unsaturated/α-hetero) is 1. The molecule has 9 heteroatoms. The molecule has 160 valence electrons. The highest BCUT2D eigenvalue weighted by atomic mass is 79.9. The maximum absolute atomic E-state index is 13.6. The van der Waals surface area contributed by atoms with Crippen molar-refractivity contribution in [2.75, 3.05) is 12.0 Å². The number of anilines is 1. The van der Waals surface area contributed by atoms with Gasteiger partial charge in [-0.15, -0.1) is 11.3 Å². The number of ether oxygens (including phenoxy) is 1. The van der Waals surface area contributed by atoms with Gasteiger partial charge in [0.25, 0.3) is 5.91 Å². The fourth-order valence-electron chi connectivity index (χ4n) is 3.80. The molecule has 1 N–H and O–H groups in total. The molecular weight excluding hydrogens is 496 g/mol. The number of para-hydroxylation sites is 1. The van der Waals surface area contributed by atoms with Gasteiger partial charge in [-0.3, -0.25) is 14.5 Å². The van der Waals surface area contributed by atoms with Crippen molar-refractivity contribution in [2.45, 2.75) is 6.04 Å². The van der Waals surface area contributed by atoms with Gasteiger partial charge in [0.1, 0.15) is 0 Å². The molecule has 3 heterocycles. The van der Waals surface area contributed by atoms with Crippen molar-refractivity contribution in [3.05, 3.63) is 87.2 Å². The Morgan fingerprint density at radius 2 is 2.06 bits per heavy atom. The maximum Gasteiger partial charge on any atom is 0.296 e. The second kappa shape index (κ2) is 7.92. The second-order valence-electron chi connectivity index (χ2n) is 7.03. The molecule has 4 aromatic rings. The fraction of sp³-hybridized carbons (Fsp3) is 0.0870. The van der Waals surface area contributed by atoms with Crippen LogP contribution in [0.25, 0.3) is 11.0 Å². The van der Waals surface area contributed by atoms with E-state index in [9.17, 15) is 14.7 Å². The van der Waals surface area contributed by atoms with E-state index in [0.29, 0.717) is 27.4 Å². The minimum atomic E-state index is -0.867. The van der Waals surface area contributed by atoms with Gasteiger partial charge in [-0.05, 0) is 29.8 Å². The van der Waals surface area contributed by atoms with Crippen LogP contribution in [-0.2, 0) is 4.79 Å². The lowest BCUT2D eigenvalue weighted by molar-refractivity contribution is -0.117.